The second-order valence-electron chi connectivity index (χ2n) is 15.6. The Bertz CT molecular complexity index is 1530. The van der Waals surface area contributed by atoms with Crippen molar-refractivity contribution in [3.8, 4) is 0 Å². The SMILES string of the molecule is CCCCC(NC(=O)CCC(=O)C(=O)C(CCC)CC(=O)[C@@H]1C[C@@H](OCC(=O)O)CN1C(=O)C(CC(=O)Cc1cc(C)cc(C)c1)C1CCCCC1)C(N)=O. The van der Waals surface area contributed by atoms with Gasteiger partial charge in [-0.1, -0.05) is 81.7 Å². The number of ether oxygens (including phenoxy) is 1. The van der Waals surface area contributed by atoms with Gasteiger partial charge in [0.05, 0.1) is 12.1 Å². The maximum atomic E-state index is 14.6. The molecule has 3 amide bonds. The third-order valence-corrected chi connectivity index (χ3v) is 10.9. The molecule has 1 heterocycles. The van der Waals surface area contributed by atoms with Crippen LogP contribution in [0.15, 0.2) is 18.2 Å². The monoisotopic (exact) mass is 767 g/mol. The number of likely N-dealkylation sites (tertiary alicyclic amines) is 1. The molecule has 0 spiro atoms. The summed E-state index contributed by atoms with van der Waals surface area (Å²) in [6.07, 6.45) is 5.34. The molecule has 1 aromatic carbocycles. The third-order valence-electron chi connectivity index (χ3n) is 10.9. The molecule has 13 heteroatoms. The van der Waals surface area contributed by atoms with E-state index >= 15 is 0 Å². The molecule has 1 aliphatic carbocycles. The minimum Gasteiger partial charge on any atom is -0.480 e. The number of Topliss-reactive ketones (excluding diaryl/α,β-unsaturated/α-hetero) is 4. The van der Waals surface area contributed by atoms with Crippen molar-refractivity contribution >= 4 is 46.8 Å². The molecule has 1 aliphatic heterocycles. The number of nitrogens with two attached hydrogens (primary N) is 1. The Morgan fingerprint density at radius 2 is 1.58 bits per heavy atom. The van der Waals surface area contributed by atoms with Crippen LogP contribution < -0.4 is 11.1 Å². The van der Waals surface area contributed by atoms with Crippen molar-refractivity contribution in [2.24, 2.45) is 23.5 Å². The smallest absolute Gasteiger partial charge is 0.329 e. The van der Waals surface area contributed by atoms with E-state index in [1.54, 1.807) is 0 Å². The summed E-state index contributed by atoms with van der Waals surface area (Å²) in [4.78, 5) is 106. The summed E-state index contributed by atoms with van der Waals surface area (Å²) in [5.74, 6) is -6.67. The number of hydrogen-bond donors (Lipinski definition) is 3. The fourth-order valence-electron chi connectivity index (χ4n) is 8.17. The van der Waals surface area contributed by atoms with E-state index < -0.39 is 78.2 Å². The van der Waals surface area contributed by atoms with Crippen molar-refractivity contribution in [1.29, 1.82) is 0 Å². The van der Waals surface area contributed by atoms with Gasteiger partial charge in [0.15, 0.2) is 11.6 Å². The molecule has 3 rings (SSSR count). The third kappa shape index (κ3) is 14.4. The van der Waals surface area contributed by atoms with Crippen LogP contribution in [-0.4, -0.2) is 88.2 Å². The molecule has 1 saturated carbocycles. The summed E-state index contributed by atoms with van der Waals surface area (Å²) in [5.41, 5.74) is 8.35. The number of carbonyl (C=O) groups excluding carboxylic acids is 7. The van der Waals surface area contributed by atoms with Crippen molar-refractivity contribution in [3.63, 3.8) is 0 Å². The highest BCUT2D eigenvalue weighted by Crippen LogP contribution is 2.36. The highest BCUT2D eigenvalue weighted by atomic mass is 16.5. The summed E-state index contributed by atoms with van der Waals surface area (Å²) in [6, 6.07) is 4.04. The number of benzene rings is 1. The van der Waals surface area contributed by atoms with Gasteiger partial charge in [0.1, 0.15) is 18.4 Å². The number of carbonyl (C=O) groups is 8. The van der Waals surface area contributed by atoms with Gasteiger partial charge < -0.3 is 25.8 Å². The van der Waals surface area contributed by atoms with Crippen molar-refractivity contribution in [2.75, 3.05) is 13.2 Å². The van der Waals surface area contributed by atoms with Crippen molar-refractivity contribution in [1.82, 2.24) is 10.2 Å². The van der Waals surface area contributed by atoms with Gasteiger partial charge in [-0.2, -0.15) is 0 Å². The summed E-state index contributed by atoms with van der Waals surface area (Å²) < 4.78 is 5.59. The Labute approximate surface area is 324 Å². The van der Waals surface area contributed by atoms with Gasteiger partial charge in [-0.3, -0.25) is 33.6 Å². The van der Waals surface area contributed by atoms with Gasteiger partial charge in [0.2, 0.25) is 23.5 Å². The van der Waals surface area contributed by atoms with E-state index in [4.69, 9.17) is 10.5 Å². The predicted octanol–water partition coefficient (Wildman–Crippen LogP) is 4.53. The molecule has 1 saturated heterocycles. The second kappa shape index (κ2) is 22.3. The first-order chi connectivity index (χ1) is 26.1. The molecule has 0 aromatic heterocycles. The highest BCUT2D eigenvalue weighted by molar-refractivity contribution is 6.38. The van der Waals surface area contributed by atoms with E-state index in [0.717, 1.165) is 55.2 Å². The Morgan fingerprint density at radius 3 is 2.18 bits per heavy atom. The van der Waals surface area contributed by atoms with Crippen LogP contribution in [0.25, 0.3) is 0 Å². The van der Waals surface area contributed by atoms with Crippen LogP contribution in [-0.2, 0) is 49.5 Å². The maximum absolute atomic E-state index is 14.6. The van der Waals surface area contributed by atoms with Crippen LogP contribution in [0.1, 0.15) is 127 Å². The van der Waals surface area contributed by atoms with Crippen molar-refractivity contribution in [2.45, 2.75) is 149 Å². The Kier molecular flexibility index (Phi) is 18.3. The number of nitrogens with zero attached hydrogens (tertiary/aromatic N) is 1. The van der Waals surface area contributed by atoms with E-state index in [-0.39, 0.29) is 62.7 Å². The lowest BCUT2D eigenvalue weighted by atomic mass is 9.76. The average Bonchev–Trinajstić information content (AvgIpc) is 3.57. The molecule has 1 aromatic rings. The normalized spacial score (nSPS) is 18.9. The highest BCUT2D eigenvalue weighted by Gasteiger charge is 2.45. The topological polar surface area (TPSA) is 207 Å². The fraction of sp³-hybridized carbons (Fsp3) is 0.667. The minimum absolute atomic E-state index is 0.00632. The van der Waals surface area contributed by atoms with Gasteiger partial charge >= 0.3 is 5.97 Å². The van der Waals surface area contributed by atoms with Gasteiger partial charge in [-0.05, 0) is 51.0 Å². The van der Waals surface area contributed by atoms with Crippen LogP contribution in [0.2, 0.25) is 0 Å². The quantitative estimate of drug-likeness (QED) is 0.125. The Balaban J connectivity index is 1.79. The zero-order valence-electron chi connectivity index (χ0n) is 33.1. The molecule has 304 valence electrons. The molecule has 0 bridgehead atoms. The molecule has 4 N–H and O–H groups in total. The summed E-state index contributed by atoms with van der Waals surface area (Å²) in [6.45, 7) is 7.02. The number of primary amides is 1. The predicted molar refractivity (Wildman–Crippen MR) is 205 cm³/mol. The number of carboxylic acids is 1. The molecule has 2 fully saturated rings. The van der Waals surface area contributed by atoms with Crippen molar-refractivity contribution < 1.29 is 48.2 Å². The molecule has 55 heavy (non-hydrogen) atoms. The van der Waals surface area contributed by atoms with Crippen LogP contribution in [0.4, 0.5) is 0 Å². The van der Waals surface area contributed by atoms with Crippen LogP contribution in [0.5, 0.6) is 0 Å². The summed E-state index contributed by atoms with van der Waals surface area (Å²) >= 11 is 0. The molecule has 2 aliphatic rings. The average molecular weight is 768 g/mol. The lowest BCUT2D eigenvalue weighted by Gasteiger charge is -2.34. The first kappa shape index (κ1) is 45.1. The zero-order chi connectivity index (χ0) is 40.7. The number of aryl methyl sites for hydroxylation is 2. The molecule has 5 atom stereocenters. The number of carboxylic acid groups (broad SMARTS) is 1. The number of rotatable bonds is 24. The van der Waals surface area contributed by atoms with Gasteiger partial charge in [0.25, 0.3) is 0 Å². The van der Waals surface area contributed by atoms with Crippen molar-refractivity contribution in [3.05, 3.63) is 34.9 Å². The Morgan fingerprint density at radius 1 is 0.909 bits per heavy atom. The number of nitrogens with one attached hydrogen (secondary N) is 1. The standard InChI is InChI=1S/C42H61N3O10/c1-5-7-14-34(41(43)53)44-38(49)16-15-36(47)40(52)30(11-6-2)21-37(48)35-23-32(55-25-39(50)51)24-45(35)42(54)33(29-12-9-8-10-13-29)22-31(46)20-28-18-26(3)17-27(4)19-28/h17-19,29-30,32-35H,5-16,20-25H2,1-4H3,(H2,43,53)(H,44,49)(H,50,51)/t30?,32-,33?,34?,35+/m1/s1. The number of unbranched alkanes of at least 4 members (excludes halogenated alkanes) is 1. The van der Waals surface area contributed by atoms with Gasteiger partial charge in [0, 0.05) is 56.9 Å². The maximum Gasteiger partial charge on any atom is 0.329 e. The largest absolute Gasteiger partial charge is 0.480 e. The lowest BCUT2D eigenvalue weighted by Crippen LogP contribution is -2.47. The first-order valence-electron chi connectivity index (χ1n) is 20.0. The molecule has 3 unspecified atom stereocenters. The van der Waals surface area contributed by atoms with Crippen LogP contribution in [0.3, 0.4) is 0 Å². The lowest BCUT2D eigenvalue weighted by molar-refractivity contribution is -0.146. The van der Waals surface area contributed by atoms with E-state index in [1.165, 1.54) is 4.90 Å². The number of hydrogen-bond acceptors (Lipinski definition) is 9. The molecule has 13 nitrogen and oxygen atoms in total. The molecular weight excluding hydrogens is 706 g/mol. The molecule has 0 radical (unpaired) electrons. The number of aliphatic carboxylic acids is 1. The van der Waals surface area contributed by atoms with Gasteiger partial charge in [-0.25, -0.2) is 4.79 Å². The summed E-state index contributed by atoms with van der Waals surface area (Å²) in [5, 5.41) is 11.8. The number of amides is 3. The first-order valence-corrected chi connectivity index (χ1v) is 20.0. The minimum atomic E-state index is -1.20. The second-order valence-corrected chi connectivity index (χ2v) is 15.6. The zero-order valence-corrected chi connectivity index (χ0v) is 33.1. The number of ketones is 4. The van der Waals surface area contributed by atoms with E-state index in [1.807, 2.05) is 45.9 Å². The van der Waals surface area contributed by atoms with E-state index in [0.29, 0.717) is 19.3 Å². The summed E-state index contributed by atoms with van der Waals surface area (Å²) in [7, 11) is 0. The van der Waals surface area contributed by atoms with E-state index in [9.17, 15) is 43.5 Å². The Hall–Kier alpha value is -4.26. The van der Waals surface area contributed by atoms with E-state index in [2.05, 4.69) is 5.32 Å². The van der Waals surface area contributed by atoms with Crippen LogP contribution in [0, 0.1) is 31.6 Å². The fourth-order valence-corrected chi connectivity index (χ4v) is 8.17. The van der Waals surface area contributed by atoms with Gasteiger partial charge in [-0.15, -0.1) is 0 Å². The molecular formula is C42H61N3O10. The van der Waals surface area contributed by atoms with Crippen LogP contribution >= 0.6 is 0 Å².